The van der Waals surface area contributed by atoms with Gasteiger partial charge in [0.2, 0.25) is 10.0 Å². The third-order valence-electron chi connectivity index (χ3n) is 5.22. The topological polar surface area (TPSA) is 66.7 Å². The molecule has 2 heterocycles. The molecule has 0 radical (unpaired) electrons. The molecule has 30 heavy (non-hydrogen) atoms. The van der Waals surface area contributed by atoms with Gasteiger partial charge in [0.25, 0.3) is 0 Å². The van der Waals surface area contributed by atoms with Crippen molar-refractivity contribution >= 4 is 10.0 Å². The molecule has 1 aliphatic heterocycles. The summed E-state index contributed by atoms with van der Waals surface area (Å²) in [6.07, 6.45) is 1.35. The zero-order valence-corrected chi connectivity index (χ0v) is 16.9. The van der Waals surface area contributed by atoms with Gasteiger partial charge in [-0.2, -0.15) is 4.31 Å². The Balaban J connectivity index is 1.53. The van der Waals surface area contributed by atoms with Crippen molar-refractivity contribution in [1.82, 2.24) is 14.4 Å². The third-order valence-corrected chi connectivity index (χ3v) is 7.04. The van der Waals surface area contributed by atoms with Crippen molar-refractivity contribution in [3.05, 3.63) is 89.3 Å². The van der Waals surface area contributed by atoms with E-state index in [1.165, 1.54) is 40.9 Å². The molecule has 1 aromatic heterocycles. The third kappa shape index (κ3) is 4.58. The SMILES string of the molecule is O=S(=O)(Cc1ccon1)N1CCN(C(c2ccc(F)cc2)c2ccc(F)cc2)CC1. The summed E-state index contributed by atoms with van der Waals surface area (Å²) in [5.41, 5.74) is 2.09. The molecule has 0 bridgehead atoms. The molecule has 3 aromatic rings. The molecule has 0 amide bonds. The molecule has 0 spiro atoms. The molecule has 1 fully saturated rings. The molecule has 4 rings (SSSR count). The number of benzene rings is 2. The van der Waals surface area contributed by atoms with Crippen LogP contribution in [0.5, 0.6) is 0 Å². The van der Waals surface area contributed by atoms with Gasteiger partial charge >= 0.3 is 0 Å². The van der Waals surface area contributed by atoms with Crippen molar-refractivity contribution < 1.29 is 21.7 Å². The standard InChI is InChI=1S/C21H21F2N3O3S/c22-18-5-1-16(2-6-18)21(17-3-7-19(23)8-4-17)25-10-12-26(13-11-25)30(27,28)15-20-9-14-29-24-20/h1-9,14,21H,10-13,15H2. The molecular formula is C21H21F2N3O3S. The molecule has 0 atom stereocenters. The maximum atomic E-state index is 13.4. The molecule has 1 saturated heterocycles. The second-order valence-electron chi connectivity index (χ2n) is 7.19. The van der Waals surface area contributed by atoms with Crippen LogP contribution < -0.4 is 0 Å². The van der Waals surface area contributed by atoms with Crippen molar-refractivity contribution in [2.75, 3.05) is 26.2 Å². The van der Waals surface area contributed by atoms with Crippen molar-refractivity contribution in [3.8, 4) is 0 Å². The van der Waals surface area contributed by atoms with E-state index in [0.717, 1.165) is 11.1 Å². The van der Waals surface area contributed by atoms with Crippen molar-refractivity contribution in [3.63, 3.8) is 0 Å². The Bertz CT molecular complexity index is 1020. The quantitative estimate of drug-likeness (QED) is 0.597. The second kappa shape index (κ2) is 8.63. The predicted molar refractivity (Wildman–Crippen MR) is 107 cm³/mol. The van der Waals surface area contributed by atoms with Gasteiger partial charge in [0.05, 0.1) is 11.7 Å². The van der Waals surface area contributed by atoms with E-state index >= 15 is 0 Å². The van der Waals surface area contributed by atoms with E-state index in [1.54, 1.807) is 24.3 Å². The minimum Gasteiger partial charge on any atom is -0.364 e. The summed E-state index contributed by atoms with van der Waals surface area (Å²) in [7, 11) is -3.51. The molecule has 1 aliphatic rings. The minimum atomic E-state index is -3.51. The van der Waals surface area contributed by atoms with E-state index in [1.807, 2.05) is 0 Å². The van der Waals surface area contributed by atoms with Crippen LogP contribution in [-0.2, 0) is 15.8 Å². The van der Waals surface area contributed by atoms with Gasteiger partial charge in [-0.3, -0.25) is 4.90 Å². The maximum Gasteiger partial charge on any atom is 0.220 e. The normalized spacial score (nSPS) is 16.2. The van der Waals surface area contributed by atoms with Gasteiger partial charge < -0.3 is 4.52 Å². The Morgan fingerprint density at radius 3 is 1.87 bits per heavy atom. The van der Waals surface area contributed by atoms with E-state index in [2.05, 4.69) is 10.1 Å². The van der Waals surface area contributed by atoms with Gasteiger partial charge in [0, 0.05) is 32.2 Å². The van der Waals surface area contributed by atoms with Crippen LogP contribution in [0.2, 0.25) is 0 Å². The van der Waals surface area contributed by atoms with Gasteiger partial charge in [0.1, 0.15) is 23.7 Å². The van der Waals surface area contributed by atoms with Crippen LogP contribution in [0.3, 0.4) is 0 Å². The fraction of sp³-hybridized carbons (Fsp3) is 0.286. The molecular weight excluding hydrogens is 412 g/mol. The number of aromatic nitrogens is 1. The fourth-order valence-electron chi connectivity index (χ4n) is 3.73. The number of nitrogens with zero attached hydrogens (tertiary/aromatic N) is 3. The highest BCUT2D eigenvalue weighted by Gasteiger charge is 2.31. The van der Waals surface area contributed by atoms with Crippen molar-refractivity contribution in [2.24, 2.45) is 0 Å². The first-order valence-corrected chi connectivity index (χ1v) is 11.2. The number of rotatable bonds is 6. The summed E-state index contributed by atoms with van der Waals surface area (Å²) in [6, 6.07) is 13.7. The minimum absolute atomic E-state index is 0.206. The van der Waals surface area contributed by atoms with Crippen LogP contribution in [0.4, 0.5) is 8.78 Å². The highest BCUT2D eigenvalue weighted by molar-refractivity contribution is 7.88. The number of hydrogen-bond donors (Lipinski definition) is 0. The zero-order chi connectivity index (χ0) is 21.1. The highest BCUT2D eigenvalue weighted by atomic mass is 32.2. The van der Waals surface area contributed by atoms with Crippen LogP contribution in [-0.4, -0.2) is 49.0 Å². The highest BCUT2D eigenvalue weighted by Crippen LogP contribution is 2.30. The van der Waals surface area contributed by atoms with Crippen molar-refractivity contribution in [2.45, 2.75) is 11.8 Å². The van der Waals surface area contributed by atoms with E-state index in [9.17, 15) is 17.2 Å². The van der Waals surface area contributed by atoms with Crippen LogP contribution in [0.15, 0.2) is 65.4 Å². The molecule has 158 valence electrons. The lowest BCUT2D eigenvalue weighted by atomic mass is 9.96. The number of piperazine rings is 1. The smallest absolute Gasteiger partial charge is 0.220 e. The van der Waals surface area contributed by atoms with Gasteiger partial charge in [-0.25, -0.2) is 17.2 Å². The lowest BCUT2D eigenvalue weighted by Gasteiger charge is -2.39. The average Bonchev–Trinajstić information content (AvgIpc) is 3.24. The summed E-state index contributed by atoms with van der Waals surface area (Å²) in [4.78, 5) is 2.13. The summed E-state index contributed by atoms with van der Waals surface area (Å²) in [5.74, 6) is -0.871. The first kappa shape index (κ1) is 20.6. The number of sulfonamides is 1. The number of halogens is 2. The van der Waals surface area contributed by atoms with E-state index in [4.69, 9.17) is 4.52 Å². The van der Waals surface area contributed by atoms with Gasteiger partial charge in [0.15, 0.2) is 0 Å². The van der Waals surface area contributed by atoms with Crippen molar-refractivity contribution in [1.29, 1.82) is 0 Å². The molecule has 0 N–H and O–H groups in total. The largest absolute Gasteiger partial charge is 0.364 e. The molecule has 0 unspecified atom stereocenters. The van der Waals surface area contributed by atoms with Crippen LogP contribution in [0.1, 0.15) is 22.9 Å². The van der Waals surface area contributed by atoms with E-state index < -0.39 is 10.0 Å². The molecule has 0 aliphatic carbocycles. The molecule has 0 saturated carbocycles. The molecule has 6 nitrogen and oxygen atoms in total. The van der Waals surface area contributed by atoms with Crippen LogP contribution >= 0.6 is 0 Å². The van der Waals surface area contributed by atoms with Gasteiger partial charge in [-0.15, -0.1) is 0 Å². The Hall–Kier alpha value is -2.62. The fourth-order valence-corrected chi connectivity index (χ4v) is 5.16. The molecule has 9 heteroatoms. The lowest BCUT2D eigenvalue weighted by molar-refractivity contribution is 0.155. The first-order chi connectivity index (χ1) is 14.4. The van der Waals surface area contributed by atoms with E-state index in [0.29, 0.717) is 31.9 Å². The summed E-state index contributed by atoms with van der Waals surface area (Å²) in [6.45, 7) is 1.60. The van der Waals surface area contributed by atoms with Gasteiger partial charge in [-0.1, -0.05) is 29.4 Å². The Kier molecular flexibility index (Phi) is 5.94. The zero-order valence-electron chi connectivity index (χ0n) is 16.1. The Labute approximate surface area is 173 Å². The average molecular weight is 433 g/mol. The monoisotopic (exact) mass is 433 g/mol. The number of hydrogen-bond acceptors (Lipinski definition) is 5. The summed E-state index contributed by atoms with van der Waals surface area (Å²) >= 11 is 0. The van der Waals surface area contributed by atoms with Gasteiger partial charge in [-0.05, 0) is 35.4 Å². The Morgan fingerprint density at radius 1 is 0.867 bits per heavy atom. The first-order valence-electron chi connectivity index (χ1n) is 9.54. The Morgan fingerprint density at radius 2 is 1.40 bits per heavy atom. The lowest BCUT2D eigenvalue weighted by Crippen LogP contribution is -2.50. The van der Waals surface area contributed by atoms with Crippen LogP contribution in [0, 0.1) is 11.6 Å². The predicted octanol–water partition coefficient (Wildman–Crippen LogP) is 3.19. The summed E-state index contributed by atoms with van der Waals surface area (Å²) in [5, 5.41) is 3.68. The van der Waals surface area contributed by atoms with E-state index in [-0.39, 0.29) is 23.4 Å². The molecule has 2 aromatic carbocycles. The second-order valence-corrected chi connectivity index (χ2v) is 9.16. The maximum absolute atomic E-state index is 13.4. The summed E-state index contributed by atoms with van der Waals surface area (Å²) < 4.78 is 58.4. The van der Waals surface area contributed by atoms with Crippen LogP contribution in [0.25, 0.3) is 0 Å².